The first-order valence-corrected chi connectivity index (χ1v) is 8.41. The molecule has 0 bridgehead atoms. The Labute approximate surface area is 135 Å². The number of rotatable bonds is 7. The molecule has 2 N–H and O–H groups in total. The van der Waals surface area contributed by atoms with Gasteiger partial charge in [0.05, 0.1) is 19.3 Å². The molecule has 5 heteroatoms. The van der Waals surface area contributed by atoms with E-state index in [4.69, 9.17) is 19.9 Å². The van der Waals surface area contributed by atoms with Crippen LogP contribution in [-0.2, 0) is 4.74 Å². The molecule has 0 radical (unpaired) electrons. The monoisotopic (exact) mass is 357 g/mol. The van der Waals surface area contributed by atoms with Crippen LogP contribution in [0.4, 0.5) is 0 Å². The number of halogens is 1. The van der Waals surface area contributed by atoms with Gasteiger partial charge in [-0.25, -0.2) is 0 Å². The summed E-state index contributed by atoms with van der Waals surface area (Å²) < 4.78 is 17.9. The second-order valence-electron chi connectivity index (χ2n) is 5.16. The van der Waals surface area contributed by atoms with Crippen LogP contribution in [0, 0.1) is 0 Å². The summed E-state index contributed by atoms with van der Waals surface area (Å²) in [6.07, 6.45) is 3.33. The van der Waals surface area contributed by atoms with Gasteiger partial charge in [-0.2, -0.15) is 0 Å². The van der Waals surface area contributed by atoms with Crippen molar-refractivity contribution in [3.63, 3.8) is 0 Å². The zero-order valence-electron chi connectivity index (χ0n) is 12.7. The van der Waals surface area contributed by atoms with Gasteiger partial charge in [0.15, 0.2) is 11.5 Å². The minimum absolute atomic E-state index is 0.0719. The van der Waals surface area contributed by atoms with Crippen LogP contribution in [0.1, 0.15) is 44.7 Å². The van der Waals surface area contributed by atoms with Crippen LogP contribution in [0.5, 0.6) is 11.5 Å². The van der Waals surface area contributed by atoms with E-state index in [0.29, 0.717) is 13.2 Å². The Hall–Kier alpha value is -0.780. The maximum atomic E-state index is 6.36. The predicted molar refractivity (Wildman–Crippen MR) is 87.0 cm³/mol. The van der Waals surface area contributed by atoms with E-state index < -0.39 is 0 Å². The van der Waals surface area contributed by atoms with E-state index in [0.717, 1.165) is 47.4 Å². The summed E-state index contributed by atoms with van der Waals surface area (Å²) in [4.78, 5) is 0. The Balaban J connectivity index is 2.18. The van der Waals surface area contributed by atoms with Gasteiger partial charge in [-0.15, -0.1) is 0 Å². The highest BCUT2D eigenvalue weighted by atomic mass is 79.9. The summed E-state index contributed by atoms with van der Waals surface area (Å²) in [5.74, 6) is 1.50. The maximum absolute atomic E-state index is 6.36. The van der Waals surface area contributed by atoms with Crippen molar-refractivity contribution in [1.82, 2.24) is 0 Å². The molecular formula is C16H24BrNO3. The summed E-state index contributed by atoms with van der Waals surface area (Å²) in [5, 5.41) is 0. The molecule has 0 saturated carbocycles. The standard InChI is InChI=1S/C16H24BrNO3/c1-3-19-15-9-12(13(17)10-16(15)20-4-2)14(18)8-11-6-5-7-21-11/h9-11,14H,3-8,18H2,1-2H3. The summed E-state index contributed by atoms with van der Waals surface area (Å²) in [7, 11) is 0. The maximum Gasteiger partial charge on any atom is 0.162 e. The van der Waals surface area contributed by atoms with Crippen molar-refractivity contribution < 1.29 is 14.2 Å². The van der Waals surface area contributed by atoms with Crippen molar-refractivity contribution in [2.45, 2.75) is 45.3 Å². The number of ether oxygens (including phenoxy) is 3. The van der Waals surface area contributed by atoms with Crippen molar-refractivity contribution >= 4 is 15.9 Å². The van der Waals surface area contributed by atoms with Crippen LogP contribution in [0.25, 0.3) is 0 Å². The summed E-state index contributed by atoms with van der Waals surface area (Å²) in [5.41, 5.74) is 7.40. The third kappa shape index (κ3) is 4.34. The molecule has 1 aromatic rings. The van der Waals surface area contributed by atoms with E-state index in [9.17, 15) is 0 Å². The molecule has 2 rings (SSSR count). The number of benzene rings is 1. The SMILES string of the molecule is CCOc1cc(Br)c(C(N)CC2CCCO2)cc1OCC. The molecule has 1 aromatic carbocycles. The molecular weight excluding hydrogens is 334 g/mol. The highest BCUT2D eigenvalue weighted by Crippen LogP contribution is 2.37. The van der Waals surface area contributed by atoms with Gasteiger partial charge in [-0.05, 0) is 50.8 Å². The van der Waals surface area contributed by atoms with E-state index >= 15 is 0 Å². The lowest BCUT2D eigenvalue weighted by atomic mass is 9.99. The lowest BCUT2D eigenvalue weighted by molar-refractivity contribution is 0.0982. The van der Waals surface area contributed by atoms with E-state index in [1.807, 2.05) is 26.0 Å². The summed E-state index contributed by atoms with van der Waals surface area (Å²) in [6, 6.07) is 3.86. The molecule has 1 saturated heterocycles. The van der Waals surface area contributed by atoms with Crippen molar-refractivity contribution in [2.75, 3.05) is 19.8 Å². The molecule has 4 nitrogen and oxygen atoms in total. The largest absolute Gasteiger partial charge is 0.490 e. The molecule has 1 aliphatic heterocycles. The molecule has 1 aliphatic rings. The van der Waals surface area contributed by atoms with Gasteiger partial charge in [0, 0.05) is 17.1 Å². The molecule has 1 heterocycles. The fourth-order valence-corrected chi connectivity index (χ4v) is 3.23. The molecule has 1 fully saturated rings. The van der Waals surface area contributed by atoms with Crippen LogP contribution < -0.4 is 15.2 Å². The average Bonchev–Trinajstić information content (AvgIpc) is 2.95. The smallest absolute Gasteiger partial charge is 0.162 e. The Bertz CT molecular complexity index is 461. The zero-order chi connectivity index (χ0) is 15.2. The summed E-state index contributed by atoms with van der Waals surface area (Å²) >= 11 is 3.60. The molecule has 0 aromatic heterocycles. The first-order valence-electron chi connectivity index (χ1n) is 7.61. The van der Waals surface area contributed by atoms with E-state index in [-0.39, 0.29) is 12.1 Å². The van der Waals surface area contributed by atoms with E-state index in [1.165, 1.54) is 0 Å². The third-order valence-electron chi connectivity index (χ3n) is 3.60. The number of nitrogens with two attached hydrogens (primary N) is 1. The van der Waals surface area contributed by atoms with Crippen molar-refractivity contribution in [3.8, 4) is 11.5 Å². The van der Waals surface area contributed by atoms with Gasteiger partial charge in [-0.1, -0.05) is 15.9 Å². The third-order valence-corrected chi connectivity index (χ3v) is 4.29. The summed E-state index contributed by atoms with van der Waals surface area (Å²) in [6.45, 7) is 5.98. The van der Waals surface area contributed by atoms with Crippen molar-refractivity contribution in [2.24, 2.45) is 5.73 Å². The highest BCUT2D eigenvalue weighted by molar-refractivity contribution is 9.10. The lowest BCUT2D eigenvalue weighted by Gasteiger charge is -2.20. The van der Waals surface area contributed by atoms with Gasteiger partial charge in [-0.3, -0.25) is 0 Å². The van der Waals surface area contributed by atoms with Crippen LogP contribution >= 0.6 is 15.9 Å². The molecule has 21 heavy (non-hydrogen) atoms. The van der Waals surface area contributed by atoms with Crippen molar-refractivity contribution in [3.05, 3.63) is 22.2 Å². The van der Waals surface area contributed by atoms with Gasteiger partial charge < -0.3 is 19.9 Å². The molecule has 2 unspecified atom stereocenters. The van der Waals surface area contributed by atoms with Crippen LogP contribution in [-0.4, -0.2) is 25.9 Å². The van der Waals surface area contributed by atoms with E-state index in [1.54, 1.807) is 0 Å². The molecule has 2 atom stereocenters. The Morgan fingerprint density at radius 2 is 1.95 bits per heavy atom. The first-order chi connectivity index (χ1) is 10.2. The molecule has 118 valence electrons. The molecule has 0 amide bonds. The van der Waals surface area contributed by atoms with Crippen LogP contribution in [0.2, 0.25) is 0 Å². The second-order valence-corrected chi connectivity index (χ2v) is 6.02. The van der Waals surface area contributed by atoms with Gasteiger partial charge in [0.1, 0.15) is 0 Å². The van der Waals surface area contributed by atoms with Crippen LogP contribution in [0.3, 0.4) is 0 Å². The van der Waals surface area contributed by atoms with Gasteiger partial charge in [0.2, 0.25) is 0 Å². The minimum atomic E-state index is -0.0719. The number of hydrogen-bond acceptors (Lipinski definition) is 4. The number of hydrogen-bond donors (Lipinski definition) is 1. The normalized spacial score (nSPS) is 19.5. The van der Waals surface area contributed by atoms with Crippen molar-refractivity contribution in [1.29, 1.82) is 0 Å². The quantitative estimate of drug-likeness (QED) is 0.805. The highest BCUT2D eigenvalue weighted by Gasteiger charge is 2.22. The molecule has 0 spiro atoms. The lowest BCUT2D eigenvalue weighted by Crippen LogP contribution is -2.19. The van der Waals surface area contributed by atoms with Crippen LogP contribution in [0.15, 0.2) is 16.6 Å². The van der Waals surface area contributed by atoms with E-state index in [2.05, 4.69) is 15.9 Å². The predicted octanol–water partition coefficient (Wildman–Crippen LogP) is 3.82. The fraction of sp³-hybridized carbons (Fsp3) is 0.625. The first kappa shape index (κ1) is 16.6. The minimum Gasteiger partial charge on any atom is -0.490 e. The average molecular weight is 358 g/mol. The molecule has 0 aliphatic carbocycles. The fourth-order valence-electron chi connectivity index (χ4n) is 2.61. The second kappa shape index (κ2) is 8.01. The zero-order valence-corrected chi connectivity index (χ0v) is 14.3. The van der Waals surface area contributed by atoms with Gasteiger partial charge in [0.25, 0.3) is 0 Å². The Morgan fingerprint density at radius 1 is 1.29 bits per heavy atom. The Morgan fingerprint density at radius 3 is 2.52 bits per heavy atom. The topological polar surface area (TPSA) is 53.7 Å². The Kier molecular flexibility index (Phi) is 6.33. The van der Waals surface area contributed by atoms with Gasteiger partial charge >= 0.3 is 0 Å².